The summed E-state index contributed by atoms with van der Waals surface area (Å²) in [6.07, 6.45) is 16.7. The molecule has 2 aliphatic carbocycles. The number of fused-ring (bicyclic) bond motifs is 1. The van der Waals surface area contributed by atoms with Gasteiger partial charge in [0.25, 0.3) is 0 Å². The normalized spacial score (nSPS) is 17.3. The van der Waals surface area contributed by atoms with E-state index in [9.17, 15) is 0 Å². The van der Waals surface area contributed by atoms with Crippen molar-refractivity contribution in [3.8, 4) is 0 Å². The molecule has 1 aromatic carbocycles. The van der Waals surface area contributed by atoms with Gasteiger partial charge in [0.1, 0.15) is 0 Å². The second-order valence-electron chi connectivity index (χ2n) is 6.58. The van der Waals surface area contributed by atoms with E-state index in [0.717, 1.165) is 0 Å². The van der Waals surface area contributed by atoms with Gasteiger partial charge in [-0.2, -0.15) is 0 Å². The van der Waals surface area contributed by atoms with Crippen molar-refractivity contribution < 1.29 is 48.0 Å². The van der Waals surface area contributed by atoms with Gasteiger partial charge >= 0.3 is 157 Å². The van der Waals surface area contributed by atoms with E-state index in [2.05, 4.69) is 78.5 Å². The Morgan fingerprint density at radius 2 is 1.85 bits per heavy atom. The number of benzene rings is 1. The number of allylic oxidation sites excluding steroid dienone is 5. The summed E-state index contributed by atoms with van der Waals surface area (Å²) in [6.45, 7) is 2.29. The summed E-state index contributed by atoms with van der Waals surface area (Å²) < 4.78 is 4.79. The predicted octanol–water partition coefficient (Wildman–Crippen LogP) is 0.0356. The van der Waals surface area contributed by atoms with E-state index >= 15 is 0 Å². The van der Waals surface area contributed by atoms with Crippen LogP contribution in [0.1, 0.15) is 47.4 Å². The van der Waals surface area contributed by atoms with E-state index in [0.29, 0.717) is 3.63 Å². The standard InChI is InChI=1S/C13H10N.C9H13.2ClH.Zr/c1-2-6-12-10-13(9-11(12)5-1)14-7-3-4-8-14;1-2-3-6-9-7-4-5-8-9;;;/h1-10H;4,7H,2-3,5-6H2,1H3;2*1H;/q;;;;+2/p-2. The van der Waals surface area contributed by atoms with Gasteiger partial charge in [0.05, 0.1) is 0 Å². The molecular weight excluding hydrogens is 440 g/mol. The van der Waals surface area contributed by atoms with Crippen LogP contribution in [0, 0.1) is 0 Å². The SMILES string of the molecule is CCCCC1=[C]([Zr+2][CH]2C(n3cccc3)=Cc3ccccc32)CC=C1.[Cl-].[Cl-]. The van der Waals surface area contributed by atoms with Crippen LogP contribution in [0.3, 0.4) is 0 Å². The first-order chi connectivity index (χ1) is 11.9. The average Bonchev–Trinajstić information content (AvgIpc) is 3.34. The van der Waals surface area contributed by atoms with Gasteiger partial charge in [0.2, 0.25) is 0 Å². The molecule has 0 N–H and O–H groups in total. The largest absolute Gasteiger partial charge is 1.00 e. The monoisotopic (exact) mass is 461 g/mol. The van der Waals surface area contributed by atoms with Crippen molar-refractivity contribution in [1.29, 1.82) is 0 Å². The molecule has 26 heavy (non-hydrogen) atoms. The van der Waals surface area contributed by atoms with Crippen molar-refractivity contribution in [2.24, 2.45) is 0 Å². The second-order valence-corrected chi connectivity index (χ2v) is 10.2. The Labute approximate surface area is 180 Å². The molecule has 2 aromatic rings. The van der Waals surface area contributed by atoms with Gasteiger partial charge in [-0.3, -0.25) is 0 Å². The van der Waals surface area contributed by atoms with Gasteiger partial charge in [-0.1, -0.05) is 0 Å². The van der Waals surface area contributed by atoms with E-state index < -0.39 is 23.2 Å². The zero-order chi connectivity index (χ0) is 16.4. The fourth-order valence-electron chi connectivity index (χ4n) is 3.67. The fourth-order valence-corrected chi connectivity index (χ4v) is 8.03. The summed E-state index contributed by atoms with van der Waals surface area (Å²) >= 11 is -0.699. The van der Waals surface area contributed by atoms with Crippen LogP contribution in [-0.2, 0) is 23.2 Å². The molecule has 0 aliphatic heterocycles. The maximum atomic E-state index is 2.41. The molecule has 1 heterocycles. The summed E-state index contributed by atoms with van der Waals surface area (Å²) in [5, 5.41) is 0. The minimum Gasteiger partial charge on any atom is -1.00 e. The summed E-state index contributed by atoms with van der Waals surface area (Å²) in [7, 11) is 0. The van der Waals surface area contributed by atoms with Gasteiger partial charge in [-0.25, -0.2) is 0 Å². The van der Waals surface area contributed by atoms with Crippen molar-refractivity contribution in [3.63, 3.8) is 0 Å². The molecule has 1 aromatic heterocycles. The number of hydrogen-bond acceptors (Lipinski definition) is 0. The van der Waals surface area contributed by atoms with Gasteiger partial charge in [-0.15, -0.1) is 0 Å². The summed E-state index contributed by atoms with van der Waals surface area (Å²) in [4.78, 5) is 0. The Morgan fingerprint density at radius 3 is 2.62 bits per heavy atom. The molecule has 1 unspecified atom stereocenters. The van der Waals surface area contributed by atoms with Crippen LogP contribution < -0.4 is 24.8 Å². The van der Waals surface area contributed by atoms with E-state index in [1.807, 2.05) is 3.28 Å². The fraction of sp³-hybridized carbons (Fsp3) is 0.273. The third kappa shape index (κ3) is 4.35. The molecule has 1 nitrogen and oxygen atoms in total. The summed E-state index contributed by atoms with van der Waals surface area (Å²) in [5.74, 6) is 0. The topological polar surface area (TPSA) is 4.93 Å². The van der Waals surface area contributed by atoms with E-state index in [-0.39, 0.29) is 24.8 Å². The van der Waals surface area contributed by atoms with Gasteiger partial charge in [-0.05, 0) is 0 Å². The second kappa shape index (κ2) is 9.93. The van der Waals surface area contributed by atoms with Gasteiger partial charge < -0.3 is 24.8 Å². The summed E-state index contributed by atoms with van der Waals surface area (Å²) in [6, 6.07) is 13.3. The maximum Gasteiger partial charge on any atom is -1.00 e. The van der Waals surface area contributed by atoms with Crippen molar-refractivity contribution in [2.75, 3.05) is 0 Å². The van der Waals surface area contributed by atoms with Crippen LogP contribution in [0.4, 0.5) is 0 Å². The number of nitrogens with zero attached hydrogens (tertiary/aromatic N) is 1. The number of unbranched alkanes of at least 4 members (excludes halogenated alkanes) is 1. The quantitative estimate of drug-likeness (QED) is 0.570. The van der Waals surface area contributed by atoms with Crippen molar-refractivity contribution in [1.82, 2.24) is 4.57 Å². The van der Waals surface area contributed by atoms with Gasteiger partial charge in [0, 0.05) is 0 Å². The molecule has 0 fully saturated rings. The van der Waals surface area contributed by atoms with Crippen LogP contribution in [0.25, 0.3) is 11.8 Å². The van der Waals surface area contributed by atoms with E-state index in [1.165, 1.54) is 36.9 Å². The van der Waals surface area contributed by atoms with Crippen molar-refractivity contribution >= 4 is 11.8 Å². The van der Waals surface area contributed by atoms with Crippen LogP contribution in [0.15, 0.2) is 69.8 Å². The predicted molar refractivity (Wildman–Crippen MR) is 98.1 cm³/mol. The molecule has 0 saturated heterocycles. The number of rotatable bonds is 6. The molecule has 0 bridgehead atoms. The van der Waals surface area contributed by atoms with Crippen molar-refractivity contribution in [2.45, 2.75) is 36.2 Å². The molecule has 4 rings (SSSR count). The maximum absolute atomic E-state index is 2.41. The molecule has 134 valence electrons. The van der Waals surface area contributed by atoms with E-state index in [1.54, 1.807) is 11.1 Å². The molecule has 0 radical (unpaired) electrons. The Morgan fingerprint density at radius 1 is 1.08 bits per heavy atom. The Kier molecular flexibility index (Phi) is 8.20. The van der Waals surface area contributed by atoms with Crippen LogP contribution in [-0.4, -0.2) is 4.57 Å². The Hall–Kier alpha value is -0.817. The first-order valence-electron chi connectivity index (χ1n) is 8.96. The Balaban J connectivity index is 0.00000121. The number of halogens is 2. The molecule has 0 amide bonds. The molecule has 4 heteroatoms. The van der Waals surface area contributed by atoms with E-state index in [4.69, 9.17) is 0 Å². The zero-order valence-corrected chi connectivity index (χ0v) is 18.9. The smallest absolute Gasteiger partial charge is 1.00 e. The third-order valence-electron chi connectivity index (χ3n) is 4.96. The Bertz CT molecular complexity index is 818. The first kappa shape index (κ1) is 21.5. The third-order valence-corrected chi connectivity index (χ3v) is 9.30. The molecule has 0 saturated carbocycles. The minimum absolute atomic E-state index is 0. The molecular formula is C22H23Cl2NZr. The average molecular weight is 464 g/mol. The van der Waals surface area contributed by atoms with Crippen LogP contribution in [0.5, 0.6) is 0 Å². The summed E-state index contributed by atoms with van der Waals surface area (Å²) in [5.41, 5.74) is 6.14. The van der Waals surface area contributed by atoms with Crippen LogP contribution in [0.2, 0.25) is 0 Å². The first-order valence-corrected chi connectivity index (χ1v) is 11.6. The molecule has 2 aliphatic rings. The molecule has 1 atom stereocenters. The van der Waals surface area contributed by atoms with Gasteiger partial charge in [0.15, 0.2) is 0 Å². The number of hydrogen-bond donors (Lipinski definition) is 0. The van der Waals surface area contributed by atoms with Crippen molar-refractivity contribution in [3.05, 3.63) is 80.9 Å². The zero-order valence-electron chi connectivity index (χ0n) is 15.0. The van der Waals surface area contributed by atoms with Crippen LogP contribution >= 0.6 is 0 Å². The number of aromatic nitrogens is 1. The molecule has 0 spiro atoms. The minimum atomic E-state index is -0.699.